The van der Waals surface area contributed by atoms with Gasteiger partial charge in [-0.15, -0.1) is 0 Å². The fourth-order valence-corrected chi connectivity index (χ4v) is 2.47. The zero-order valence-corrected chi connectivity index (χ0v) is 12.5. The van der Waals surface area contributed by atoms with Gasteiger partial charge < -0.3 is 5.32 Å². The minimum atomic E-state index is -0.0472. The van der Waals surface area contributed by atoms with Crippen molar-refractivity contribution in [2.24, 2.45) is 5.92 Å². The molecule has 1 amide bonds. The van der Waals surface area contributed by atoms with Gasteiger partial charge in [-0.25, -0.2) is 0 Å². The molecule has 0 fully saturated rings. The Morgan fingerprint density at radius 3 is 2.62 bits per heavy atom. The molecule has 0 saturated carbocycles. The molecule has 2 aromatic carbocycles. The number of amides is 1. The number of nitrogens with one attached hydrogen (secondary N) is 1. The average Bonchev–Trinajstić information content (AvgIpc) is 2.46. The van der Waals surface area contributed by atoms with E-state index in [-0.39, 0.29) is 11.8 Å². The van der Waals surface area contributed by atoms with E-state index in [0.29, 0.717) is 0 Å². The third-order valence-corrected chi connectivity index (χ3v) is 3.61. The average molecular weight is 278 g/mol. The van der Waals surface area contributed by atoms with Crippen molar-refractivity contribution in [2.75, 3.05) is 5.32 Å². The van der Waals surface area contributed by atoms with Gasteiger partial charge in [-0.1, -0.05) is 50.2 Å². The van der Waals surface area contributed by atoms with Gasteiger partial charge in [0.05, 0.1) is 11.2 Å². The number of carbonyl (C=O) groups excluding carboxylic acids is 1. The predicted molar refractivity (Wildman–Crippen MR) is 87.5 cm³/mol. The topological polar surface area (TPSA) is 42.0 Å². The summed E-state index contributed by atoms with van der Waals surface area (Å²) >= 11 is 0. The molecule has 0 bridgehead atoms. The molecule has 3 heteroatoms. The van der Waals surface area contributed by atoms with Gasteiger partial charge in [0.2, 0.25) is 5.91 Å². The smallest absolute Gasteiger partial charge is 0.226 e. The zero-order chi connectivity index (χ0) is 15.0. The van der Waals surface area contributed by atoms with Gasteiger partial charge >= 0.3 is 0 Å². The first kappa shape index (κ1) is 13.6. The third-order valence-electron chi connectivity index (χ3n) is 3.61. The largest absolute Gasteiger partial charge is 0.325 e. The molecule has 21 heavy (non-hydrogen) atoms. The molecule has 3 nitrogen and oxygen atoms in total. The van der Waals surface area contributed by atoms with Crippen molar-refractivity contribution < 1.29 is 4.79 Å². The van der Waals surface area contributed by atoms with Crippen LogP contribution in [-0.4, -0.2) is 10.9 Å². The second-order valence-corrected chi connectivity index (χ2v) is 5.64. The maximum absolute atomic E-state index is 12.0. The maximum Gasteiger partial charge on any atom is 0.226 e. The maximum atomic E-state index is 12.0. The monoisotopic (exact) mass is 278 g/mol. The summed E-state index contributed by atoms with van der Waals surface area (Å²) in [6.07, 6.45) is 0. The molecule has 106 valence electrons. The fraction of sp³-hybridized carbons (Fsp3) is 0.222. The molecule has 0 saturated heterocycles. The van der Waals surface area contributed by atoms with Crippen LogP contribution in [-0.2, 0) is 4.79 Å². The van der Waals surface area contributed by atoms with Gasteiger partial charge in [-0.2, -0.15) is 0 Å². The number of aromatic nitrogens is 1. The second-order valence-electron chi connectivity index (χ2n) is 5.64. The van der Waals surface area contributed by atoms with Crippen molar-refractivity contribution in [3.63, 3.8) is 0 Å². The van der Waals surface area contributed by atoms with Crippen LogP contribution in [0.25, 0.3) is 21.7 Å². The van der Waals surface area contributed by atoms with E-state index in [1.165, 1.54) is 0 Å². The number of benzene rings is 2. The number of fused-ring (bicyclic) bond motifs is 3. The summed E-state index contributed by atoms with van der Waals surface area (Å²) in [5.41, 5.74) is 2.67. The second kappa shape index (κ2) is 5.17. The molecule has 1 aromatic heterocycles. The Bertz CT molecular complexity index is 837. The number of rotatable bonds is 2. The van der Waals surface area contributed by atoms with E-state index in [4.69, 9.17) is 0 Å². The number of nitrogens with zero attached hydrogens (tertiary/aromatic N) is 1. The minimum Gasteiger partial charge on any atom is -0.325 e. The van der Waals surface area contributed by atoms with Gasteiger partial charge in [-0.05, 0) is 18.4 Å². The van der Waals surface area contributed by atoms with Crippen LogP contribution in [0.4, 0.5) is 5.69 Å². The van der Waals surface area contributed by atoms with Crippen LogP contribution >= 0.6 is 0 Å². The molecule has 0 atom stereocenters. The number of pyridine rings is 1. The van der Waals surface area contributed by atoms with Gasteiger partial charge in [-0.3, -0.25) is 9.78 Å². The fourth-order valence-electron chi connectivity index (χ4n) is 2.47. The summed E-state index contributed by atoms with van der Waals surface area (Å²) in [5, 5.41) is 6.26. The highest BCUT2D eigenvalue weighted by molar-refractivity contribution is 6.11. The van der Waals surface area contributed by atoms with Crippen LogP contribution in [0.1, 0.15) is 19.5 Å². The van der Waals surface area contributed by atoms with Gasteiger partial charge in [0, 0.05) is 22.4 Å². The summed E-state index contributed by atoms with van der Waals surface area (Å²) in [4.78, 5) is 16.7. The SMILES string of the molecule is Cc1cc(NC(=O)C(C)C)c2ccc3ccccc3c2n1. The van der Waals surface area contributed by atoms with Crippen LogP contribution in [0.15, 0.2) is 42.5 Å². The van der Waals surface area contributed by atoms with Crippen molar-refractivity contribution in [1.82, 2.24) is 4.98 Å². The standard InChI is InChI=1S/C18H18N2O/c1-11(2)18(21)20-16-10-12(3)19-17-14-7-5-4-6-13(14)8-9-15(16)17/h4-11H,1-3H3,(H,19,20,21). The first-order valence-electron chi connectivity index (χ1n) is 7.16. The van der Waals surface area contributed by atoms with Gasteiger partial charge in [0.15, 0.2) is 0 Å². The first-order valence-corrected chi connectivity index (χ1v) is 7.16. The molecule has 1 N–H and O–H groups in total. The van der Waals surface area contributed by atoms with Crippen LogP contribution in [0, 0.1) is 12.8 Å². The quantitative estimate of drug-likeness (QED) is 0.710. The van der Waals surface area contributed by atoms with E-state index in [2.05, 4.69) is 28.5 Å². The summed E-state index contributed by atoms with van der Waals surface area (Å²) in [6, 6.07) is 14.2. The Labute approximate surface area is 124 Å². The van der Waals surface area contributed by atoms with Crippen molar-refractivity contribution in [2.45, 2.75) is 20.8 Å². The molecule has 3 rings (SSSR count). The molecule has 0 radical (unpaired) electrons. The Morgan fingerprint density at radius 2 is 1.86 bits per heavy atom. The van der Waals surface area contributed by atoms with Crippen molar-refractivity contribution in [3.05, 3.63) is 48.2 Å². The highest BCUT2D eigenvalue weighted by atomic mass is 16.1. The third kappa shape index (κ3) is 2.47. The molecular weight excluding hydrogens is 260 g/mol. The van der Waals surface area contributed by atoms with Gasteiger partial charge in [0.25, 0.3) is 0 Å². The molecule has 0 spiro atoms. The molecule has 0 aliphatic carbocycles. The van der Waals surface area contributed by atoms with Crippen LogP contribution < -0.4 is 5.32 Å². The predicted octanol–water partition coefficient (Wildman–Crippen LogP) is 4.29. The van der Waals surface area contributed by atoms with Crippen LogP contribution in [0.2, 0.25) is 0 Å². The van der Waals surface area contributed by atoms with Crippen molar-refractivity contribution >= 4 is 33.3 Å². The summed E-state index contributed by atoms with van der Waals surface area (Å²) < 4.78 is 0. The Morgan fingerprint density at radius 1 is 1.10 bits per heavy atom. The Kier molecular flexibility index (Phi) is 3.34. The Hall–Kier alpha value is -2.42. The minimum absolute atomic E-state index is 0.0232. The molecule has 1 heterocycles. The van der Waals surface area contributed by atoms with Crippen molar-refractivity contribution in [3.8, 4) is 0 Å². The molecular formula is C18H18N2O. The van der Waals surface area contributed by atoms with Crippen molar-refractivity contribution in [1.29, 1.82) is 0 Å². The van der Waals surface area contributed by atoms with E-state index >= 15 is 0 Å². The summed E-state index contributed by atoms with van der Waals surface area (Å²) in [5.74, 6) is -0.0240. The normalized spacial score (nSPS) is 11.2. The number of hydrogen-bond acceptors (Lipinski definition) is 2. The lowest BCUT2D eigenvalue weighted by atomic mass is 10.0. The van der Waals surface area contributed by atoms with E-state index in [0.717, 1.165) is 33.1 Å². The van der Waals surface area contributed by atoms with Gasteiger partial charge in [0.1, 0.15) is 0 Å². The number of aryl methyl sites for hydroxylation is 1. The molecule has 0 aliphatic rings. The highest BCUT2D eigenvalue weighted by Crippen LogP contribution is 2.29. The number of carbonyl (C=O) groups is 1. The van der Waals surface area contributed by atoms with E-state index in [1.54, 1.807) is 0 Å². The highest BCUT2D eigenvalue weighted by Gasteiger charge is 2.12. The summed E-state index contributed by atoms with van der Waals surface area (Å²) in [7, 11) is 0. The molecule has 3 aromatic rings. The van der Waals surface area contributed by atoms with E-state index < -0.39 is 0 Å². The lowest BCUT2D eigenvalue weighted by Gasteiger charge is -2.12. The van der Waals surface area contributed by atoms with Crippen LogP contribution in [0.5, 0.6) is 0 Å². The first-order chi connectivity index (χ1) is 10.1. The molecule has 0 unspecified atom stereocenters. The van der Waals surface area contributed by atoms with Crippen LogP contribution in [0.3, 0.4) is 0 Å². The van der Waals surface area contributed by atoms with E-state index in [9.17, 15) is 4.79 Å². The zero-order valence-electron chi connectivity index (χ0n) is 12.5. The Balaban J connectivity index is 2.26. The lowest BCUT2D eigenvalue weighted by Crippen LogP contribution is -2.18. The number of anilines is 1. The molecule has 0 aliphatic heterocycles. The summed E-state index contributed by atoms with van der Waals surface area (Å²) in [6.45, 7) is 5.73. The van der Waals surface area contributed by atoms with E-state index in [1.807, 2.05) is 45.0 Å². The number of hydrogen-bond donors (Lipinski definition) is 1. The lowest BCUT2D eigenvalue weighted by molar-refractivity contribution is -0.118.